The number of benzene rings is 6. The average molecular weight is 719 g/mol. The van der Waals surface area contributed by atoms with Crippen molar-refractivity contribution in [3.05, 3.63) is 191 Å². The lowest BCUT2D eigenvalue weighted by Gasteiger charge is -2.38. The van der Waals surface area contributed by atoms with E-state index in [2.05, 4.69) is 190 Å². The van der Waals surface area contributed by atoms with E-state index < -0.39 is 5.66 Å². The minimum Gasteiger partial charge on any atom is -0.456 e. The molecule has 0 N–H and O–H groups in total. The third-order valence-corrected chi connectivity index (χ3v) is 13.6. The Balaban J connectivity index is 1.24. The van der Waals surface area contributed by atoms with Gasteiger partial charge in [-0.2, -0.15) is 18.3 Å². The van der Waals surface area contributed by atoms with E-state index in [9.17, 15) is 0 Å². The van der Waals surface area contributed by atoms with Gasteiger partial charge in [-0.1, -0.05) is 98.8 Å². The van der Waals surface area contributed by atoms with Crippen molar-refractivity contribution in [1.82, 2.24) is 9.13 Å². The lowest BCUT2D eigenvalue weighted by Crippen LogP contribution is -2.75. The number of para-hydroxylation sites is 2. The summed E-state index contributed by atoms with van der Waals surface area (Å²) in [6.07, 6.45) is 0. The summed E-state index contributed by atoms with van der Waals surface area (Å²) in [5.74, 6) is 4.54. The highest BCUT2D eigenvalue weighted by Crippen LogP contribution is 2.59. The number of rotatable bonds is 4. The van der Waals surface area contributed by atoms with Crippen LogP contribution in [0.4, 0.5) is 0 Å². The Hall–Kier alpha value is -6.98. The summed E-state index contributed by atoms with van der Waals surface area (Å²) >= 11 is 0. The molecule has 10 aromatic rings. The largest absolute Gasteiger partial charge is 0.456 e. The standard InChI is InChI=1S/C51H34N4O/c1-29(31-13-5-3-6-14-31)33-25-41-42-26-34(30(2)32-15-7-4-8-16-32)28-46-53-40-20-12-10-18-36(40)38-22-24-44-48(50(38)53)51(55(42)46)47-43(56-44)23-21-37-35-17-9-11-19-39(35)52(49(37)47)45(27-33)54(41)51/h3-30H,1-2H3/q+2. The summed E-state index contributed by atoms with van der Waals surface area (Å²) in [5.41, 5.74) is 14.2. The normalized spacial score (nSPS) is 17.2. The van der Waals surface area contributed by atoms with Gasteiger partial charge in [0.25, 0.3) is 11.6 Å². The van der Waals surface area contributed by atoms with Crippen LogP contribution in [0.5, 0.6) is 11.5 Å². The van der Waals surface area contributed by atoms with Crippen LogP contribution >= 0.6 is 0 Å². The maximum Gasteiger partial charge on any atom is 0.323 e. The predicted molar refractivity (Wildman–Crippen MR) is 221 cm³/mol. The van der Waals surface area contributed by atoms with Crippen LogP contribution in [0.1, 0.15) is 59.1 Å². The minimum atomic E-state index is -0.727. The lowest BCUT2D eigenvalue weighted by atomic mass is 9.82. The van der Waals surface area contributed by atoms with Gasteiger partial charge in [-0.15, -0.1) is 0 Å². The highest BCUT2D eigenvalue weighted by atomic mass is 16.5. The number of nitrogens with zero attached hydrogens (tertiary/aromatic N) is 4. The molecular weight excluding hydrogens is 685 g/mol. The molecule has 262 valence electrons. The van der Waals surface area contributed by atoms with Crippen LogP contribution in [0, 0.1) is 0 Å². The van der Waals surface area contributed by atoms with Crippen molar-refractivity contribution in [2.24, 2.45) is 0 Å². The van der Waals surface area contributed by atoms with E-state index >= 15 is 0 Å². The second-order valence-electron chi connectivity index (χ2n) is 16.1. The molecule has 8 heterocycles. The highest BCUT2D eigenvalue weighted by Gasteiger charge is 2.69. The van der Waals surface area contributed by atoms with Crippen molar-refractivity contribution in [2.75, 3.05) is 0 Å². The second-order valence-corrected chi connectivity index (χ2v) is 16.1. The minimum absolute atomic E-state index is 0.177. The fourth-order valence-electron chi connectivity index (χ4n) is 11.1. The first kappa shape index (κ1) is 29.4. The highest BCUT2D eigenvalue weighted by molar-refractivity contribution is 6.14. The smallest absolute Gasteiger partial charge is 0.323 e. The summed E-state index contributed by atoms with van der Waals surface area (Å²) in [7, 11) is 0. The Morgan fingerprint density at radius 2 is 0.875 bits per heavy atom. The van der Waals surface area contributed by atoms with Crippen LogP contribution in [0.25, 0.3) is 66.6 Å². The van der Waals surface area contributed by atoms with Crippen LogP contribution in [0.2, 0.25) is 0 Å². The van der Waals surface area contributed by atoms with Gasteiger partial charge in [0.1, 0.15) is 33.7 Å². The predicted octanol–water partition coefficient (Wildman–Crippen LogP) is 10.8. The van der Waals surface area contributed by atoms with Crippen LogP contribution < -0.4 is 13.9 Å². The molecule has 0 saturated heterocycles. The van der Waals surface area contributed by atoms with Gasteiger partial charge in [0.2, 0.25) is 0 Å². The van der Waals surface area contributed by atoms with Gasteiger partial charge in [0, 0.05) is 45.5 Å². The monoisotopic (exact) mass is 718 g/mol. The molecule has 0 radical (unpaired) electrons. The van der Waals surface area contributed by atoms with Crippen LogP contribution in [-0.4, -0.2) is 9.13 Å². The molecule has 0 saturated carbocycles. The van der Waals surface area contributed by atoms with Gasteiger partial charge in [0.05, 0.1) is 0 Å². The molecule has 4 aliphatic heterocycles. The van der Waals surface area contributed by atoms with E-state index in [1.54, 1.807) is 0 Å². The quantitative estimate of drug-likeness (QED) is 0.166. The number of hydrogen-bond acceptors (Lipinski definition) is 1. The van der Waals surface area contributed by atoms with E-state index in [4.69, 9.17) is 4.74 Å². The molecule has 4 aliphatic rings. The topological polar surface area (TPSA) is 26.8 Å². The molecular formula is C51H34N4O+2. The third-order valence-electron chi connectivity index (χ3n) is 13.6. The molecule has 56 heavy (non-hydrogen) atoms. The SMILES string of the molecule is CC(c1ccccc1)c1cc2[n+]3c(c1)-n1c4ccccc4c4ccc5c(c41)C31c3c(ccc4c6ccccc6n(c34)-c3cc(C(C)c4ccccc4)cc-2[n+]31)O5. The summed E-state index contributed by atoms with van der Waals surface area (Å²) in [6.45, 7) is 4.71. The molecule has 5 heteroatoms. The molecule has 5 nitrogen and oxygen atoms in total. The lowest BCUT2D eigenvalue weighted by molar-refractivity contribution is -0.934. The summed E-state index contributed by atoms with van der Waals surface area (Å²) in [6, 6.07) is 58.7. The van der Waals surface area contributed by atoms with Crippen molar-refractivity contribution in [1.29, 1.82) is 0 Å². The number of fused-ring (bicyclic) bond motifs is 9. The van der Waals surface area contributed by atoms with E-state index in [0.717, 1.165) is 11.5 Å². The van der Waals surface area contributed by atoms with Gasteiger partial charge in [0.15, 0.2) is 22.4 Å². The van der Waals surface area contributed by atoms with Gasteiger partial charge in [-0.3, -0.25) is 0 Å². The molecule has 0 aliphatic carbocycles. The Kier molecular flexibility index (Phi) is 5.15. The second kappa shape index (κ2) is 9.81. The van der Waals surface area contributed by atoms with Crippen molar-refractivity contribution in [3.8, 4) is 34.5 Å². The number of aromatic nitrogens is 4. The first-order valence-corrected chi connectivity index (χ1v) is 19.8. The molecule has 0 amide bonds. The Morgan fingerprint density at radius 3 is 1.34 bits per heavy atom. The molecule has 1 spiro atoms. The molecule has 2 atom stereocenters. The molecule has 0 bridgehead atoms. The summed E-state index contributed by atoms with van der Waals surface area (Å²) < 4.78 is 17.6. The fraction of sp³-hybridized carbons (Fsp3) is 0.0980. The van der Waals surface area contributed by atoms with Gasteiger partial charge >= 0.3 is 5.66 Å². The van der Waals surface area contributed by atoms with E-state index in [0.29, 0.717) is 0 Å². The third kappa shape index (κ3) is 3.18. The van der Waals surface area contributed by atoms with Crippen molar-refractivity contribution < 1.29 is 13.9 Å². The zero-order valence-corrected chi connectivity index (χ0v) is 30.9. The van der Waals surface area contributed by atoms with Crippen LogP contribution in [0.3, 0.4) is 0 Å². The first-order chi connectivity index (χ1) is 27.6. The maximum atomic E-state index is 7.13. The zero-order chi connectivity index (χ0) is 36.6. The molecule has 0 fully saturated rings. The van der Waals surface area contributed by atoms with Gasteiger partial charge < -0.3 is 4.74 Å². The zero-order valence-electron chi connectivity index (χ0n) is 30.9. The number of pyridine rings is 2. The van der Waals surface area contributed by atoms with E-state index in [1.165, 1.54) is 100 Å². The maximum absolute atomic E-state index is 7.13. The summed E-state index contributed by atoms with van der Waals surface area (Å²) in [5, 5.41) is 5.00. The van der Waals surface area contributed by atoms with Crippen molar-refractivity contribution in [3.63, 3.8) is 0 Å². The average Bonchev–Trinajstić information content (AvgIpc) is 3.88. The van der Waals surface area contributed by atoms with Crippen LogP contribution in [0.15, 0.2) is 158 Å². The first-order valence-electron chi connectivity index (χ1n) is 19.8. The van der Waals surface area contributed by atoms with Gasteiger partial charge in [-0.05, 0) is 82.9 Å². The molecule has 6 aromatic carbocycles. The van der Waals surface area contributed by atoms with Gasteiger partial charge in [-0.25, -0.2) is 0 Å². The summed E-state index contributed by atoms with van der Waals surface area (Å²) in [4.78, 5) is 0. The fourth-order valence-corrected chi connectivity index (χ4v) is 11.1. The molecule has 4 aromatic heterocycles. The molecule has 2 unspecified atom stereocenters. The number of ether oxygens (including phenoxy) is 1. The Morgan fingerprint density at radius 1 is 0.446 bits per heavy atom. The van der Waals surface area contributed by atoms with E-state index in [1.807, 2.05) is 0 Å². The Bertz CT molecular complexity index is 3200. The van der Waals surface area contributed by atoms with Crippen LogP contribution in [-0.2, 0) is 5.66 Å². The number of hydrogen-bond donors (Lipinski definition) is 0. The van der Waals surface area contributed by atoms with E-state index in [-0.39, 0.29) is 11.8 Å². The Labute approximate surface area is 322 Å². The molecule has 14 rings (SSSR count). The van der Waals surface area contributed by atoms with Crippen molar-refractivity contribution >= 4 is 43.6 Å². The van der Waals surface area contributed by atoms with Crippen molar-refractivity contribution in [2.45, 2.75) is 31.3 Å².